The van der Waals surface area contributed by atoms with Crippen LogP contribution in [0.25, 0.3) is 0 Å². The quantitative estimate of drug-likeness (QED) is 0.751. The molecular weight excluding hydrogens is 240 g/mol. The van der Waals surface area contributed by atoms with Gasteiger partial charge in [0.05, 0.1) is 0 Å². The highest BCUT2D eigenvalue weighted by molar-refractivity contribution is 5.91. The van der Waals surface area contributed by atoms with Crippen molar-refractivity contribution in [3.05, 3.63) is 29.8 Å². The fraction of sp³-hybridized carbons (Fsp3) is 0.500. The first-order valence-electron chi connectivity index (χ1n) is 6.89. The van der Waals surface area contributed by atoms with Crippen LogP contribution in [-0.4, -0.2) is 41.6 Å². The molecule has 102 valence electrons. The molecule has 0 aromatic heterocycles. The van der Waals surface area contributed by atoms with Crippen LogP contribution in [0.15, 0.2) is 24.3 Å². The Morgan fingerprint density at radius 3 is 2.68 bits per heavy atom. The molecule has 0 spiro atoms. The number of fused-ring (bicyclic) bond motifs is 1. The van der Waals surface area contributed by atoms with Gasteiger partial charge in [0.1, 0.15) is 0 Å². The van der Waals surface area contributed by atoms with Crippen LogP contribution in [0, 0.1) is 0 Å². The van der Waals surface area contributed by atoms with E-state index in [4.69, 9.17) is 5.84 Å². The van der Waals surface area contributed by atoms with Gasteiger partial charge >= 0.3 is 6.03 Å². The lowest BCUT2D eigenvalue weighted by Crippen LogP contribution is -2.50. The molecule has 3 rings (SSSR count). The number of hydrogen-bond acceptors (Lipinski definition) is 3. The summed E-state index contributed by atoms with van der Waals surface area (Å²) in [4.78, 5) is 14.3. The smallest absolute Gasteiger partial charge is 0.321 e. The van der Waals surface area contributed by atoms with Crippen molar-refractivity contribution in [2.45, 2.75) is 25.3 Å². The minimum atomic E-state index is 0.0282. The molecule has 0 atom stereocenters. The van der Waals surface area contributed by atoms with Crippen molar-refractivity contribution in [1.29, 1.82) is 0 Å². The number of nitrogens with two attached hydrogens (primary N) is 1. The summed E-state index contributed by atoms with van der Waals surface area (Å²) in [6, 6.07) is 8.38. The number of hydrazine groups is 1. The number of rotatable bonds is 1. The Balaban J connectivity index is 1.74. The van der Waals surface area contributed by atoms with Gasteiger partial charge in [0.2, 0.25) is 0 Å². The highest BCUT2D eigenvalue weighted by Gasteiger charge is 2.29. The highest BCUT2D eigenvalue weighted by atomic mass is 16.2. The van der Waals surface area contributed by atoms with Gasteiger partial charge in [0.25, 0.3) is 0 Å². The molecule has 5 heteroatoms. The van der Waals surface area contributed by atoms with Gasteiger partial charge in [-0.3, -0.25) is 5.84 Å². The number of amides is 2. The van der Waals surface area contributed by atoms with Crippen LogP contribution in [0.4, 0.5) is 10.5 Å². The Kier molecular flexibility index (Phi) is 3.40. The summed E-state index contributed by atoms with van der Waals surface area (Å²) in [5.74, 6) is 5.78. The topological polar surface area (TPSA) is 61.6 Å². The summed E-state index contributed by atoms with van der Waals surface area (Å²) in [6.45, 7) is 2.51. The number of hydrogen-bond donors (Lipinski definition) is 2. The second kappa shape index (κ2) is 5.19. The van der Waals surface area contributed by atoms with Gasteiger partial charge in [-0.15, -0.1) is 0 Å². The van der Waals surface area contributed by atoms with E-state index in [1.165, 1.54) is 5.56 Å². The Bertz CT molecular complexity index is 468. The van der Waals surface area contributed by atoms with Crippen LogP contribution in [0.1, 0.15) is 18.4 Å². The number of anilines is 1. The van der Waals surface area contributed by atoms with Crippen molar-refractivity contribution in [3.63, 3.8) is 0 Å². The van der Waals surface area contributed by atoms with E-state index in [1.807, 2.05) is 28.1 Å². The zero-order chi connectivity index (χ0) is 13.2. The molecule has 5 nitrogen and oxygen atoms in total. The number of nitrogens with zero attached hydrogens (tertiary/aromatic N) is 2. The highest BCUT2D eigenvalue weighted by Crippen LogP contribution is 2.23. The Morgan fingerprint density at radius 2 is 1.89 bits per heavy atom. The Morgan fingerprint density at radius 1 is 1.16 bits per heavy atom. The molecule has 2 amide bonds. The largest absolute Gasteiger partial charge is 0.322 e. The Labute approximate surface area is 113 Å². The van der Waals surface area contributed by atoms with E-state index in [1.54, 1.807) is 0 Å². The zero-order valence-electron chi connectivity index (χ0n) is 11.0. The second-order valence-corrected chi connectivity index (χ2v) is 5.30. The summed E-state index contributed by atoms with van der Waals surface area (Å²) in [6.07, 6.45) is 2.83. The van der Waals surface area contributed by atoms with Gasteiger partial charge in [-0.2, -0.15) is 0 Å². The molecule has 0 saturated carbocycles. The third kappa shape index (κ3) is 2.57. The lowest BCUT2D eigenvalue weighted by Gasteiger charge is -2.36. The normalized spacial score (nSPS) is 21.7. The number of benzene rings is 1. The Hall–Kier alpha value is -1.59. The third-order valence-corrected chi connectivity index (χ3v) is 4.08. The first-order chi connectivity index (χ1) is 9.24. The van der Waals surface area contributed by atoms with Gasteiger partial charge in [-0.1, -0.05) is 18.2 Å². The maximum Gasteiger partial charge on any atom is 0.322 e. The SMILES string of the molecule is NN1CCC(N2CCc3ccccc3NC2=O)CC1. The van der Waals surface area contributed by atoms with Crippen molar-refractivity contribution in [1.82, 2.24) is 9.91 Å². The van der Waals surface area contributed by atoms with E-state index in [0.717, 1.165) is 44.6 Å². The number of para-hydroxylation sites is 1. The van der Waals surface area contributed by atoms with Crippen LogP contribution in [-0.2, 0) is 6.42 Å². The number of carbonyl (C=O) groups is 1. The molecule has 1 fully saturated rings. The predicted molar refractivity (Wildman–Crippen MR) is 74.7 cm³/mol. The molecule has 19 heavy (non-hydrogen) atoms. The van der Waals surface area contributed by atoms with Crippen molar-refractivity contribution in [3.8, 4) is 0 Å². The van der Waals surface area contributed by atoms with Crippen LogP contribution >= 0.6 is 0 Å². The zero-order valence-corrected chi connectivity index (χ0v) is 11.0. The fourth-order valence-electron chi connectivity index (χ4n) is 2.94. The standard InChI is InChI=1S/C14H20N4O/c15-17-8-6-12(7-9-17)18-10-5-11-3-1-2-4-13(11)16-14(18)19/h1-4,12H,5-10,15H2,(H,16,19). The lowest BCUT2D eigenvalue weighted by atomic mass is 10.0. The third-order valence-electron chi connectivity index (χ3n) is 4.08. The van der Waals surface area contributed by atoms with Gasteiger partial charge in [0.15, 0.2) is 0 Å². The molecule has 1 saturated heterocycles. The molecule has 1 aromatic rings. The molecule has 2 heterocycles. The minimum Gasteiger partial charge on any atom is -0.321 e. The number of nitrogens with one attached hydrogen (secondary N) is 1. The molecule has 0 unspecified atom stereocenters. The van der Waals surface area contributed by atoms with E-state index in [9.17, 15) is 4.79 Å². The molecule has 0 aliphatic carbocycles. The molecule has 1 aromatic carbocycles. The van der Waals surface area contributed by atoms with E-state index in [-0.39, 0.29) is 6.03 Å². The maximum atomic E-state index is 12.3. The van der Waals surface area contributed by atoms with Crippen molar-refractivity contribution in [2.24, 2.45) is 5.84 Å². The van der Waals surface area contributed by atoms with Crippen molar-refractivity contribution in [2.75, 3.05) is 25.0 Å². The average molecular weight is 260 g/mol. The first-order valence-corrected chi connectivity index (χ1v) is 6.89. The minimum absolute atomic E-state index is 0.0282. The fourth-order valence-corrected chi connectivity index (χ4v) is 2.94. The molecule has 2 aliphatic rings. The second-order valence-electron chi connectivity index (χ2n) is 5.30. The summed E-state index contributed by atoms with van der Waals surface area (Å²) in [5, 5.41) is 4.86. The van der Waals surface area contributed by atoms with Crippen LogP contribution in [0.5, 0.6) is 0 Å². The summed E-state index contributed by atoms with van der Waals surface area (Å²) in [7, 11) is 0. The number of urea groups is 1. The molecule has 3 N–H and O–H groups in total. The summed E-state index contributed by atoms with van der Waals surface area (Å²) < 4.78 is 0. The maximum absolute atomic E-state index is 12.3. The van der Waals surface area contributed by atoms with E-state index in [0.29, 0.717) is 6.04 Å². The summed E-state index contributed by atoms with van der Waals surface area (Å²) in [5.41, 5.74) is 2.17. The van der Waals surface area contributed by atoms with Gasteiger partial charge in [0, 0.05) is 31.4 Å². The van der Waals surface area contributed by atoms with Gasteiger partial charge in [-0.25, -0.2) is 9.80 Å². The molecule has 0 radical (unpaired) electrons. The van der Waals surface area contributed by atoms with Crippen molar-refractivity contribution < 1.29 is 4.79 Å². The van der Waals surface area contributed by atoms with Crippen LogP contribution < -0.4 is 11.2 Å². The molecule has 2 aliphatic heterocycles. The molecular formula is C14H20N4O. The number of piperidine rings is 1. The van der Waals surface area contributed by atoms with E-state index >= 15 is 0 Å². The predicted octanol–water partition coefficient (Wildman–Crippen LogP) is 1.41. The average Bonchev–Trinajstić information content (AvgIpc) is 2.58. The van der Waals surface area contributed by atoms with Crippen LogP contribution in [0.3, 0.4) is 0 Å². The monoisotopic (exact) mass is 260 g/mol. The molecule has 0 bridgehead atoms. The van der Waals surface area contributed by atoms with E-state index < -0.39 is 0 Å². The number of carbonyl (C=O) groups excluding carboxylic acids is 1. The lowest BCUT2D eigenvalue weighted by molar-refractivity contribution is 0.129. The van der Waals surface area contributed by atoms with E-state index in [2.05, 4.69) is 11.4 Å². The van der Waals surface area contributed by atoms with Crippen molar-refractivity contribution >= 4 is 11.7 Å². The van der Waals surface area contributed by atoms with Gasteiger partial charge in [-0.05, 0) is 30.9 Å². The summed E-state index contributed by atoms with van der Waals surface area (Å²) >= 11 is 0. The first kappa shape index (κ1) is 12.4. The van der Waals surface area contributed by atoms with Crippen LogP contribution in [0.2, 0.25) is 0 Å². The van der Waals surface area contributed by atoms with Gasteiger partial charge < -0.3 is 10.2 Å².